The Hall–Kier alpha value is -0.380. The fraction of sp³-hybridized carbons (Fsp3) is 0.778. The van der Waals surface area contributed by atoms with Crippen LogP contribution in [-0.4, -0.2) is 39.5 Å². The van der Waals surface area contributed by atoms with Crippen LogP contribution in [0.25, 0.3) is 0 Å². The highest BCUT2D eigenvalue weighted by atomic mass is 16.5. The molecule has 0 saturated heterocycles. The second kappa shape index (κ2) is 10.6. The molecule has 0 spiro atoms. The predicted molar refractivity (Wildman–Crippen MR) is 50.4 cm³/mol. The SMILES string of the molecule is C=CCOCCNCCOCC. The standard InChI is InChI=1S/C9H19NO2/c1-3-7-12-9-6-10-5-8-11-4-2/h3,10H,1,4-9H2,2H3. The van der Waals surface area contributed by atoms with E-state index in [0.29, 0.717) is 6.61 Å². The number of nitrogens with one attached hydrogen (secondary N) is 1. The fourth-order valence-corrected chi connectivity index (χ4v) is 0.725. The highest BCUT2D eigenvalue weighted by Gasteiger charge is 1.86. The first-order valence-corrected chi connectivity index (χ1v) is 4.39. The predicted octanol–water partition coefficient (Wildman–Crippen LogP) is 0.815. The maximum atomic E-state index is 5.17. The summed E-state index contributed by atoms with van der Waals surface area (Å²) in [4.78, 5) is 0. The van der Waals surface area contributed by atoms with Gasteiger partial charge < -0.3 is 14.8 Å². The van der Waals surface area contributed by atoms with Crippen LogP contribution in [0.5, 0.6) is 0 Å². The third-order valence-corrected chi connectivity index (χ3v) is 1.29. The molecule has 0 bridgehead atoms. The maximum Gasteiger partial charge on any atom is 0.0645 e. The van der Waals surface area contributed by atoms with E-state index in [1.165, 1.54) is 0 Å². The molecule has 0 radical (unpaired) electrons. The summed E-state index contributed by atoms with van der Waals surface area (Å²) < 4.78 is 10.3. The molecule has 0 fully saturated rings. The topological polar surface area (TPSA) is 30.5 Å². The Morgan fingerprint density at radius 2 is 1.92 bits per heavy atom. The van der Waals surface area contributed by atoms with Crippen molar-refractivity contribution in [3.05, 3.63) is 12.7 Å². The van der Waals surface area contributed by atoms with E-state index in [1.54, 1.807) is 6.08 Å². The van der Waals surface area contributed by atoms with E-state index in [4.69, 9.17) is 9.47 Å². The fourth-order valence-electron chi connectivity index (χ4n) is 0.725. The molecule has 0 saturated carbocycles. The Labute approximate surface area is 74.7 Å². The summed E-state index contributed by atoms with van der Waals surface area (Å²) in [5.74, 6) is 0. The molecule has 0 rings (SSSR count). The molecule has 0 aliphatic carbocycles. The molecule has 0 aliphatic rings. The van der Waals surface area contributed by atoms with Crippen molar-refractivity contribution in [3.8, 4) is 0 Å². The Balaban J connectivity index is 2.77. The van der Waals surface area contributed by atoms with E-state index in [9.17, 15) is 0 Å². The number of ether oxygens (including phenoxy) is 2. The summed E-state index contributed by atoms with van der Waals surface area (Å²) in [6, 6.07) is 0. The summed E-state index contributed by atoms with van der Waals surface area (Å²) in [5, 5.41) is 3.19. The van der Waals surface area contributed by atoms with Gasteiger partial charge >= 0.3 is 0 Å². The van der Waals surface area contributed by atoms with E-state index in [-0.39, 0.29) is 0 Å². The first-order chi connectivity index (χ1) is 5.91. The van der Waals surface area contributed by atoms with Crippen molar-refractivity contribution in [1.82, 2.24) is 5.32 Å². The van der Waals surface area contributed by atoms with Crippen LogP contribution in [0.4, 0.5) is 0 Å². The van der Waals surface area contributed by atoms with Crippen molar-refractivity contribution in [2.24, 2.45) is 0 Å². The molecule has 0 aromatic carbocycles. The minimum Gasteiger partial charge on any atom is -0.380 e. The molecule has 0 aromatic heterocycles. The van der Waals surface area contributed by atoms with Gasteiger partial charge in [0, 0.05) is 19.7 Å². The van der Waals surface area contributed by atoms with Crippen LogP contribution in [0.2, 0.25) is 0 Å². The third kappa shape index (κ3) is 9.62. The van der Waals surface area contributed by atoms with Crippen LogP contribution in [0.1, 0.15) is 6.92 Å². The zero-order valence-corrected chi connectivity index (χ0v) is 7.84. The van der Waals surface area contributed by atoms with Crippen LogP contribution in [-0.2, 0) is 9.47 Å². The number of hydrogen-bond donors (Lipinski definition) is 1. The average Bonchev–Trinajstić information content (AvgIpc) is 2.10. The maximum absolute atomic E-state index is 5.17. The monoisotopic (exact) mass is 173 g/mol. The first-order valence-electron chi connectivity index (χ1n) is 4.39. The van der Waals surface area contributed by atoms with Crippen molar-refractivity contribution in [3.63, 3.8) is 0 Å². The second-order valence-electron chi connectivity index (χ2n) is 2.31. The van der Waals surface area contributed by atoms with Gasteiger partial charge in [0.1, 0.15) is 0 Å². The van der Waals surface area contributed by atoms with Crippen LogP contribution < -0.4 is 5.32 Å². The smallest absolute Gasteiger partial charge is 0.0645 e. The highest BCUT2D eigenvalue weighted by Crippen LogP contribution is 1.74. The largest absolute Gasteiger partial charge is 0.380 e. The summed E-state index contributed by atoms with van der Waals surface area (Å²) in [7, 11) is 0. The molecular formula is C9H19NO2. The van der Waals surface area contributed by atoms with E-state index in [0.717, 1.165) is 32.9 Å². The number of hydrogen-bond acceptors (Lipinski definition) is 3. The van der Waals surface area contributed by atoms with Gasteiger partial charge in [-0.15, -0.1) is 6.58 Å². The van der Waals surface area contributed by atoms with Gasteiger partial charge in [-0.05, 0) is 6.92 Å². The van der Waals surface area contributed by atoms with Gasteiger partial charge in [0.05, 0.1) is 19.8 Å². The molecule has 3 heteroatoms. The highest BCUT2D eigenvalue weighted by molar-refractivity contribution is 4.63. The van der Waals surface area contributed by atoms with Gasteiger partial charge in [0.2, 0.25) is 0 Å². The van der Waals surface area contributed by atoms with Crippen LogP contribution in [0.15, 0.2) is 12.7 Å². The van der Waals surface area contributed by atoms with Gasteiger partial charge in [-0.2, -0.15) is 0 Å². The van der Waals surface area contributed by atoms with Crippen LogP contribution in [0.3, 0.4) is 0 Å². The molecule has 1 N–H and O–H groups in total. The molecule has 3 nitrogen and oxygen atoms in total. The molecule has 72 valence electrons. The van der Waals surface area contributed by atoms with E-state index < -0.39 is 0 Å². The van der Waals surface area contributed by atoms with E-state index in [1.807, 2.05) is 6.92 Å². The van der Waals surface area contributed by atoms with Gasteiger partial charge in [-0.25, -0.2) is 0 Å². The lowest BCUT2D eigenvalue weighted by atomic mass is 10.6. The van der Waals surface area contributed by atoms with E-state index >= 15 is 0 Å². The second-order valence-corrected chi connectivity index (χ2v) is 2.31. The molecular weight excluding hydrogens is 154 g/mol. The minimum absolute atomic E-state index is 0.632. The molecule has 0 heterocycles. The summed E-state index contributed by atoms with van der Waals surface area (Å²) >= 11 is 0. The zero-order valence-electron chi connectivity index (χ0n) is 7.84. The Kier molecular flexibility index (Phi) is 10.3. The Morgan fingerprint density at radius 1 is 1.25 bits per heavy atom. The molecule has 0 unspecified atom stereocenters. The molecule has 0 amide bonds. The molecule has 12 heavy (non-hydrogen) atoms. The zero-order chi connectivity index (χ0) is 9.07. The van der Waals surface area contributed by atoms with Gasteiger partial charge in [0.25, 0.3) is 0 Å². The van der Waals surface area contributed by atoms with Crippen molar-refractivity contribution in [2.45, 2.75) is 6.92 Å². The molecule has 0 aromatic rings. The Morgan fingerprint density at radius 3 is 2.50 bits per heavy atom. The van der Waals surface area contributed by atoms with Crippen LogP contribution in [0, 0.1) is 0 Å². The van der Waals surface area contributed by atoms with Crippen LogP contribution >= 0.6 is 0 Å². The van der Waals surface area contributed by atoms with Gasteiger partial charge in [-0.3, -0.25) is 0 Å². The average molecular weight is 173 g/mol. The third-order valence-electron chi connectivity index (χ3n) is 1.29. The van der Waals surface area contributed by atoms with E-state index in [2.05, 4.69) is 11.9 Å². The molecule has 0 aliphatic heterocycles. The lowest BCUT2D eigenvalue weighted by Crippen LogP contribution is -2.24. The number of rotatable bonds is 9. The lowest BCUT2D eigenvalue weighted by molar-refractivity contribution is 0.139. The van der Waals surface area contributed by atoms with Crippen molar-refractivity contribution in [2.75, 3.05) is 39.5 Å². The normalized spacial score (nSPS) is 10.1. The van der Waals surface area contributed by atoms with Gasteiger partial charge in [0.15, 0.2) is 0 Å². The minimum atomic E-state index is 0.632. The Bertz CT molecular complexity index is 96.5. The van der Waals surface area contributed by atoms with Crippen molar-refractivity contribution < 1.29 is 9.47 Å². The quantitative estimate of drug-likeness (QED) is 0.413. The first kappa shape index (κ1) is 11.6. The van der Waals surface area contributed by atoms with Crippen molar-refractivity contribution >= 4 is 0 Å². The summed E-state index contributed by atoms with van der Waals surface area (Å²) in [6.45, 7) is 10.2. The van der Waals surface area contributed by atoms with Crippen molar-refractivity contribution in [1.29, 1.82) is 0 Å². The molecule has 0 atom stereocenters. The summed E-state index contributed by atoms with van der Waals surface area (Å²) in [5.41, 5.74) is 0. The lowest BCUT2D eigenvalue weighted by Gasteiger charge is -2.04. The summed E-state index contributed by atoms with van der Waals surface area (Å²) in [6.07, 6.45) is 1.75. The van der Waals surface area contributed by atoms with Gasteiger partial charge in [-0.1, -0.05) is 6.08 Å².